The molecule has 2 aromatic carbocycles. The number of aryl methyl sites for hydroxylation is 4. The largest absolute Gasteiger partial charge is 0.485 e. The van der Waals surface area contributed by atoms with Gasteiger partial charge >= 0.3 is 6.18 Å². The van der Waals surface area contributed by atoms with Gasteiger partial charge in [-0.1, -0.05) is 31.2 Å². The van der Waals surface area contributed by atoms with Gasteiger partial charge in [0, 0.05) is 16.2 Å². The van der Waals surface area contributed by atoms with Gasteiger partial charge in [0.2, 0.25) is 0 Å². The number of benzene rings is 2. The predicted molar refractivity (Wildman–Crippen MR) is 118 cm³/mol. The second-order valence-corrected chi connectivity index (χ2v) is 9.01. The minimum Gasteiger partial charge on any atom is -0.485 e. The van der Waals surface area contributed by atoms with Crippen molar-refractivity contribution in [1.82, 2.24) is 0 Å². The van der Waals surface area contributed by atoms with Gasteiger partial charge in [-0.05, 0) is 85.7 Å². The molecule has 0 saturated carbocycles. The summed E-state index contributed by atoms with van der Waals surface area (Å²) in [5, 5.41) is 0. The highest BCUT2D eigenvalue weighted by Crippen LogP contribution is 2.37. The lowest BCUT2D eigenvalue weighted by Gasteiger charge is -2.21. The summed E-state index contributed by atoms with van der Waals surface area (Å²) >= 11 is 1.49. The van der Waals surface area contributed by atoms with Gasteiger partial charge in [-0.2, -0.15) is 13.2 Å². The Kier molecular flexibility index (Phi) is 6.91. The summed E-state index contributed by atoms with van der Waals surface area (Å²) in [5.41, 5.74) is 5.66. The molecule has 5 heteroatoms. The number of rotatable bonds is 7. The van der Waals surface area contributed by atoms with Crippen LogP contribution in [0, 0.1) is 20.8 Å². The van der Waals surface area contributed by atoms with E-state index in [1.54, 1.807) is 0 Å². The van der Waals surface area contributed by atoms with E-state index in [4.69, 9.17) is 4.74 Å². The third kappa shape index (κ3) is 5.66. The van der Waals surface area contributed by atoms with Crippen molar-refractivity contribution in [2.24, 2.45) is 0 Å². The molecule has 0 aliphatic rings. The molecule has 0 amide bonds. The number of hydrogen-bond donors (Lipinski definition) is 0. The normalized spacial score (nSPS) is 12.8. The summed E-state index contributed by atoms with van der Waals surface area (Å²) in [6, 6.07) is 16.1. The van der Waals surface area contributed by atoms with Crippen LogP contribution < -0.4 is 4.74 Å². The predicted octanol–water partition coefficient (Wildman–Crippen LogP) is 8.37. The van der Waals surface area contributed by atoms with E-state index < -0.39 is 18.7 Å². The third-order valence-electron chi connectivity index (χ3n) is 5.20. The van der Waals surface area contributed by atoms with Crippen LogP contribution in [0.5, 0.6) is 5.75 Å². The Hall–Kier alpha value is -2.27. The average molecular weight is 433 g/mol. The lowest BCUT2D eigenvalue weighted by Crippen LogP contribution is -2.13. The summed E-state index contributed by atoms with van der Waals surface area (Å²) in [5.74, 6) is 0.608. The van der Waals surface area contributed by atoms with Crippen molar-refractivity contribution in [3.05, 3.63) is 75.0 Å². The van der Waals surface area contributed by atoms with E-state index in [0.29, 0.717) is 5.75 Å². The van der Waals surface area contributed by atoms with Crippen molar-refractivity contribution in [2.45, 2.75) is 59.2 Å². The molecule has 0 fully saturated rings. The van der Waals surface area contributed by atoms with Gasteiger partial charge in [0.1, 0.15) is 11.9 Å². The fourth-order valence-electron chi connectivity index (χ4n) is 3.70. The van der Waals surface area contributed by atoms with Crippen molar-refractivity contribution >= 4 is 11.3 Å². The summed E-state index contributed by atoms with van der Waals surface area (Å²) < 4.78 is 44.6. The molecule has 1 heterocycles. The first-order valence-electron chi connectivity index (χ1n) is 10.2. The quantitative estimate of drug-likeness (QED) is 0.364. The Morgan fingerprint density at radius 2 is 1.57 bits per heavy atom. The first-order chi connectivity index (χ1) is 14.2. The highest BCUT2D eigenvalue weighted by molar-refractivity contribution is 7.12. The standard InChI is InChI=1S/C25H27F3OS/c1-5-19-7-9-20(10-8-19)24-16(2)14-21(15-17(24)3)29-22(12-13-25(26,27)28)23-11-6-18(4)30-23/h6-11,14-15,22H,5,12-13H2,1-4H3. The molecule has 0 saturated heterocycles. The van der Waals surface area contributed by atoms with Gasteiger partial charge in [0.15, 0.2) is 0 Å². The van der Waals surface area contributed by atoms with E-state index >= 15 is 0 Å². The Balaban J connectivity index is 1.87. The topological polar surface area (TPSA) is 9.23 Å². The second kappa shape index (κ2) is 9.25. The summed E-state index contributed by atoms with van der Waals surface area (Å²) in [7, 11) is 0. The molecule has 1 unspecified atom stereocenters. The van der Waals surface area contributed by atoms with E-state index in [1.807, 2.05) is 45.0 Å². The number of hydrogen-bond acceptors (Lipinski definition) is 2. The first kappa shape index (κ1) is 22.4. The molecule has 0 aliphatic carbocycles. The van der Waals surface area contributed by atoms with Gasteiger partial charge in [-0.25, -0.2) is 0 Å². The fourth-order valence-corrected chi connectivity index (χ4v) is 4.64. The first-order valence-corrected chi connectivity index (χ1v) is 11.0. The van der Waals surface area contributed by atoms with Crippen molar-refractivity contribution < 1.29 is 17.9 Å². The lowest BCUT2D eigenvalue weighted by molar-refractivity contribution is -0.139. The van der Waals surface area contributed by atoms with Crippen LogP contribution in [0.1, 0.15) is 52.3 Å². The highest BCUT2D eigenvalue weighted by Gasteiger charge is 2.30. The Morgan fingerprint density at radius 3 is 2.07 bits per heavy atom. The van der Waals surface area contributed by atoms with Crippen LogP contribution in [0.2, 0.25) is 0 Å². The van der Waals surface area contributed by atoms with Crippen molar-refractivity contribution in [3.8, 4) is 16.9 Å². The molecule has 0 N–H and O–H groups in total. The number of thiophene rings is 1. The van der Waals surface area contributed by atoms with E-state index in [0.717, 1.165) is 38.4 Å². The average Bonchev–Trinajstić information content (AvgIpc) is 3.10. The van der Waals surface area contributed by atoms with Crippen LogP contribution in [0.3, 0.4) is 0 Å². The zero-order valence-corrected chi connectivity index (χ0v) is 18.6. The van der Waals surface area contributed by atoms with E-state index in [1.165, 1.54) is 16.9 Å². The maximum atomic E-state index is 12.8. The molecule has 1 nitrogen and oxygen atoms in total. The number of halogens is 3. The molecule has 3 aromatic rings. The molecule has 0 bridgehead atoms. The van der Waals surface area contributed by atoms with Crippen LogP contribution >= 0.6 is 11.3 Å². The molecule has 0 radical (unpaired) electrons. The Morgan fingerprint density at radius 1 is 0.933 bits per heavy atom. The number of alkyl halides is 3. The Bertz CT molecular complexity index is 963. The van der Waals surface area contributed by atoms with Crippen LogP contribution in [-0.2, 0) is 6.42 Å². The third-order valence-corrected chi connectivity index (χ3v) is 6.30. The highest BCUT2D eigenvalue weighted by atomic mass is 32.1. The van der Waals surface area contributed by atoms with Crippen LogP contribution in [0.25, 0.3) is 11.1 Å². The van der Waals surface area contributed by atoms with Crippen molar-refractivity contribution in [2.75, 3.05) is 0 Å². The van der Waals surface area contributed by atoms with Gasteiger partial charge in [0.05, 0.1) is 0 Å². The molecule has 0 aliphatic heterocycles. The summed E-state index contributed by atoms with van der Waals surface area (Å²) in [4.78, 5) is 1.88. The monoisotopic (exact) mass is 432 g/mol. The van der Waals surface area contributed by atoms with Crippen molar-refractivity contribution in [3.63, 3.8) is 0 Å². The number of ether oxygens (including phenoxy) is 1. The summed E-state index contributed by atoms with van der Waals surface area (Å²) in [6.45, 7) is 8.11. The molecule has 3 rings (SSSR count). The van der Waals surface area contributed by atoms with Crippen molar-refractivity contribution in [1.29, 1.82) is 0 Å². The molecule has 1 aromatic heterocycles. The van der Waals surface area contributed by atoms with Gasteiger partial charge in [-0.3, -0.25) is 0 Å². The van der Waals surface area contributed by atoms with E-state index in [2.05, 4.69) is 31.2 Å². The minimum absolute atomic E-state index is 0.0955. The lowest BCUT2D eigenvalue weighted by atomic mass is 9.94. The minimum atomic E-state index is -4.20. The SMILES string of the molecule is CCc1ccc(-c2c(C)cc(OC(CCC(F)(F)F)c3ccc(C)s3)cc2C)cc1. The van der Waals surface area contributed by atoms with Crippen LogP contribution in [-0.4, -0.2) is 6.18 Å². The zero-order chi connectivity index (χ0) is 21.9. The molecule has 0 spiro atoms. The second-order valence-electron chi connectivity index (χ2n) is 7.69. The van der Waals surface area contributed by atoms with E-state index in [-0.39, 0.29) is 6.42 Å². The smallest absolute Gasteiger partial charge is 0.389 e. The molecule has 30 heavy (non-hydrogen) atoms. The molecular formula is C25H27F3OS. The fraction of sp³-hybridized carbons (Fsp3) is 0.360. The van der Waals surface area contributed by atoms with Gasteiger partial charge in [-0.15, -0.1) is 11.3 Å². The zero-order valence-electron chi connectivity index (χ0n) is 17.8. The Labute approximate surface area is 180 Å². The van der Waals surface area contributed by atoms with Gasteiger partial charge in [0.25, 0.3) is 0 Å². The molecule has 1 atom stereocenters. The maximum absolute atomic E-state index is 12.8. The maximum Gasteiger partial charge on any atom is 0.389 e. The van der Waals surface area contributed by atoms with Gasteiger partial charge < -0.3 is 4.74 Å². The molecular weight excluding hydrogens is 405 g/mol. The van der Waals surface area contributed by atoms with Crippen LogP contribution in [0.15, 0.2) is 48.5 Å². The summed E-state index contributed by atoms with van der Waals surface area (Å²) in [6.07, 6.45) is -4.78. The molecule has 160 valence electrons. The van der Waals surface area contributed by atoms with Crippen LogP contribution in [0.4, 0.5) is 13.2 Å². The van der Waals surface area contributed by atoms with E-state index in [9.17, 15) is 13.2 Å².